The first-order valence-electron chi connectivity index (χ1n) is 10.4. The Morgan fingerprint density at radius 2 is 1.69 bits per heavy atom. The van der Waals surface area contributed by atoms with Gasteiger partial charge in [-0.25, -0.2) is 4.79 Å². The lowest BCUT2D eigenvalue weighted by atomic mass is 10.0. The van der Waals surface area contributed by atoms with Gasteiger partial charge in [-0.1, -0.05) is 17.9 Å². The molecule has 0 aliphatic heterocycles. The molecule has 4 nitrogen and oxygen atoms in total. The van der Waals surface area contributed by atoms with Crippen LogP contribution >= 0.6 is 22.6 Å². The average Bonchev–Trinajstić information content (AvgIpc) is 2.77. The van der Waals surface area contributed by atoms with Crippen LogP contribution in [0.4, 0.5) is 26.3 Å². The quantitative estimate of drug-likeness (QED) is 0.201. The zero-order valence-corrected chi connectivity index (χ0v) is 21.2. The predicted octanol–water partition coefficient (Wildman–Crippen LogP) is 6.74. The Bertz CT molecular complexity index is 1140. The molecule has 0 aromatic heterocycles. The van der Waals surface area contributed by atoms with E-state index in [0.717, 1.165) is 5.56 Å². The van der Waals surface area contributed by atoms with Gasteiger partial charge in [0.2, 0.25) is 0 Å². The number of alkyl halides is 6. The molecule has 0 spiro atoms. The number of aliphatic carboxylic acids is 1. The minimum absolute atomic E-state index is 0.0446. The standard InChI is InChI=1S/C25H21F6IO4/c1-3-35-22(23(33)34)13-17-6-7-21(20(32)12-17)36-9-8-15(2)4-5-16-10-18(24(26,27)28)14-19(11-16)25(29,30)31/h6-8,10-12,14,22H,3,9,13H2,1-2H3,(H,33,34)/b15-8-. The number of carbonyl (C=O) groups is 1. The van der Waals surface area contributed by atoms with E-state index in [1.54, 1.807) is 32.0 Å². The van der Waals surface area contributed by atoms with Crippen LogP contribution in [-0.4, -0.2) is 30.4 Å². The number of carboxylic acid groups (broad SMARTS) is 1. The van der Waals surface area contributed by atoms with Gasteiger partial charge in [-0.3, -0.25) is 0 Å². The molecule has 1 unspecified atom stereocenters. The molecule has 0 bridgehead atoms. The molecule has 0 saturated heterocycles. The molecule has 11 heteroatoms. The zero-order valence-electron chi connectivity index (χ0n) is 19.1. The van der Waals surface area contributed by atoms with E-state index in [9.17, 15) is 36.2 Å². The van der Waals surface area contributed by atoms with Gasteiger partial charge in [-0.05, 0) is 84.0 Å². The summed E-state index contributed by atoms with van der Waals surface area (Å²) >= 11 is 2.03. The second-order valence-corrected chi connectivity index (χ2v) is 8.66. The summed E-state index contributed by atoms with van der Waals surface area (Å²) in [5, 5.41) is 9.20. The number of allylic oxidation sites excluding steroid dienone is 1. The molecule has 2 aromatic rings. The Hall–Kier alpha value is -2.72. The molecule has 1 N–H and O–H groups in total. The highest BCUT2D eigenvalue weighted by Crippen LogP contribution is 2.36. The van der Waals surface area contributed by atoms with Crippen LogP contribution in [0.1, 0.15) is 36.1 Å². The molecule has 1 atom stereocenters. The molecule has 36 heavy (non-hydrogen) atoms. The maximum absolute atomic E-state index is 13.0. The lowest BCUT2D eigenvalue weighted by Gasteiger charge is -2.13. The summed E-state index contributed by atoms with van der Waals surface area (Å²) in [6.07, 6.45) is -9.14. The van der Waals surface area contributed by atoms with Gasteiger partial charge in [0.05, 0.1) is 14.7 Å². The van der Waals surface area contributed by atoms with Crippen LogP contribution in [0.25, 0.3) is 0 Å². The van der Waals surface area contributed by atoms with E-state index in [1.165, 1.54) is 6.08 Å². The maximum Gasteiger partial charge on any atom is 0.416 e. The molecular weight excluding hydrogens is 605 g/mol. The topological polar surface area (TPSA) is 55.8 Å². The molecule has 0 radical (unpaired) electrons. The first-order chi connectivity index (χ1) is 16.7. The van der Waals surface area contributed by atoms with E-state index >= 15 is 0 Å². The molecule has 194 valence electrons. The smallest absolute Gasteiger partial charge is 0.416 e. The minimum Gasteiger partial charge on any atom is -0.488 e. The van der Waals surface area contributed by atoms with Gasteiger partial charge in [0.1, 0.15) is 12.4 Å². The largest absolute Gasteiger partial charge is 0.488 e. The molecule has 0 saturated carbocycles. The fourth-order valence-corrected chi connectivity index (χ4v) is 3.66. The monoisotopic (exact) mass is 626 g/mol. The summed E-state index contributed by atoms with van der Waals surface area (Å²) in [5.41, 5.74) is -2.15. The third-order valence-corrected chi connectivity index (χ3v) is 5.52. The van der Waals surface area contributed by atoms with Gasteiger partial charge in [-0.15, -0.1) is 0 Å². The first kappa shape index (κ1) is 29.5. The van der Waals surface area contributed by atoms with Crippen molar-refractivity contribution < 1.29 is 45.7 Å². The van der Waals surface area contributed by atoms with E-state index in [-0.39, 0.29) is 25.7 Å². The number of ether oxygens (including phenoxy) is 2. The molecule has 0 amide bonds. The summed E-state index contributed by atoms with van der Waals surface area (Å²) < 4.78 is 89.4. The van der Waals surface area contributed by atoms with E-state index in [2.05, 4.69) is 11.8 Å². The number of halogens is 7. The molecule has 0 heterocycles. The van der Waals surface area contributed by atoms with Crippen molar-refractivity contribution in [2.75, 3.05) is 13.2 Å². The number of hydrogen-bond donors (Lipinski definition) is 1. The molecule has 0 fully saturated rings. The molecule has 2 rings (SSSR count). The Morgan fingerprint density at radius 3 is 2.19 bits per heavy atom. The van der Waals surface area contributed by atoms with Crippen molar-refractivity contribution in [1.82, 2.24) is 0 Å². The number of benzene rings is 2. The van der Waals surface area contributed by atoms with Crippen molar-refractivity contribution >= 4 is 28.6 Å². The van der Waals surface area contributed by atoms with Crippen molar-refractivity contribution in [3.63, 3.8) is 0 Å². The SMILES string of the molecule is CCOC(Cc1ccc(OC/C=C(/C)C#Cc2cc(C(F)(F)F)cc(C(F)(F)F)c2)c(I)c1)C(=O)O. The summed E-state index contributed by atoms with van der Waals surface area (Å²) in [5.74, 6) is 4.32. The zero-order chi connectivity index (χ0) is 27.1. The Balaban J connectivity index is 2.11. The summed E-state index contributed by atoms with van der Waals surface area (Å²) in [6, 6.07) is 6.31. The molecule has 0 aliphatic carbocycles. The van der Waals surface area contributed by atoms with Gasteiger partial charge >= 0.3 is 18.3 Å². The summed E-state index contributed by atoms with van der Waals surface area (Å²) in [6.45, 7) is 3.56. The van der Waals surface area contributed by atoms with Gasteiger partial charge in [0.15, 0.2) is 6.10 Å². The van der Waals surface area contributed by atoms with Crippen LogP contribution in [0.15, 0.2) is 48.0 Å². The highest BCUT2D eigenvalue weighted by atomic mass is 127. The summed E-state index contributed by atoms with van der Waals surface area (Å²) in [7, 11) is 0. The van der Waals surface area contributed by atoms with E-state index in [0.29, 0.717) is 27.0 Å². The highest BCUT2D eigenvalue weighted by molar-refractivity contribution is 14.1. The summed E-state index contributed by atoms with van der Waals surface area (Å²) in [4.78, 5) is 11.2. The van der Waals surface area contributed by atoms with Crippen LogP contribution in [-0.2, 0) is 28.3 Å². The van der Waals surface area contributed by atoms with Crippen molar-refractivity contribution in [3.8, 4) is 17.6 Å². The van der Waals surface area contributed by atoms with Gasteiger partial charge in [-0.2, -0.15) is 26.3 Å². The third-order valence-electron chi connectivity index (χ3n) is 4.68. The molecular formula is C25H21F6IO4. The van der Waals surface area contributed by atoms with Crippen molar-refractivity contribution in [3.05, 3.63) is 73.9 Å². The fraction of sp³-hybridized carbons (Fsp3) is 0.320. The third kappa shape index (κ3) is 9.05. The highest BCUT2D eigenvalue weighted by Gasteiger charge is 2.36. The average molecular weight is 626 g/mol. The van der Waals surface area contributed by atoms with Crippen molar-refractivity contribution in [2.24, 2.45) is 0 Å². The first-order valence-corrected chi connectivity index (χ1v) is 11.5. The Kier molecular flexibility index (Phi) is 10.2. The van der Waals surface area contributed by atoms with Gasteiger partial charge in [0.25, 0.3) is 0 Å². The number of rotatable bonds is 8. The second kappa shape index (κ2) is 12.5. The van der Waals surface area contributed by atoms with Gasteiger partial charge < -0.3 is 14.6 Å². The normalized spacial score (nSPS) is 13.1. The Labute approximate surface area is 217 Å². The van der Waals surface area contributed by atoms with Gasteiger partial charge in [0, 0.05) is 18.6 Å². The molecule has 2 aromatic carbocycles. The lowest BCUT2D eigenvalue weighted by molar-refractivity contribution is -0.150. The molecule has 0 aliphatic rings. The van der Waals surface area contributed by atoms with E-state index < -0.39 is 41.1 Å². The van der Waals surface area contributed by atoms with E-state index in [1.807, 2.05) is 22.6 Å². The number of carboxylic acids is 1. The lowest BCUT2D eigenvalue weighted by Crippen LogP contribution is -2.26. The predicted molar refractivity (Wildman–Crippen MR) is 128 cm³/mol. The van der Waals surface area contributed by atoms with E-state index in [4.69, 9.17) is 9.47 Å². The second-order valence-electron chi connectivity index (χ2n) is 7.49. The maximum atomic E-state index is 13.0. The van der Waals surface area contributed by atoms with Crippen LogP contribution < -0.4 is 4.74 Å². The fourth-order valence-electron chi connectivity index (χ4n) is 2.93. The van der Waals surface area contributed by atoms with Crippen LogP contribution in [0.3, 0.4) is 0 Å². The van der Waals surface area contributed by atoms with Crippen molar-refractivity contribution in [2.45, 2.75) is 38.7 Å². The Morgan fingerprint density at radius 1 is 1.08 bits per heavy atom. The van der Waals surface area contributed by atoms with Crippen LogP contribution in [0.2, 0.25) is 0 Å². The van der Waals surface area contributed by atoms with Crippen LogP contribution in [0.5, 0.6) is 5.75 Å². The van der Waals surface area contributed by atoms with Crippen LogP contribution in [0, 0.1) is 15.4 Å². The number of hydrogen-bond acceptors (Lipinski definition) is 3. The minimum atomic E-state index is -4.94. The van der Waals surface area contributed by atoms with Crippen molar-refractivity contribution in [1.29, 1.82) is 0 Å².